The molecule has 1 aromatic carbocycles. The highest BCUT2D eigenvalue weighted by Crippen LogP contribution is 2.36. The summed E-state index contributed by atoms with van der Waals surface area (Å²) in [6.45, 7) is 5.55. The monoisotopic (exact) mass is 478 g/mol. The summed E-state index contributed by atoms with van der Waals surface area (Å²) in [5, 5.41) is 15.5. The molecule has 0 bridgehead atoms. The molecular weight excluding hydrogens is 444 g/mol. The number of hydrogen-bond acceptors (Lipinski definition) is 4. The first kappa shape index (κ1) is 24.7. The fraction of sp³-hybridized carbons (Fsp3) is 0.481. The van der Waals surface area contributed by atoms with Crippen LogP contribution in [0, 0.1) is 24.0 Å². The van der Waals surface area contributed by atoms with Crippen molar-refractivity contribution >= 4 is 17.7 Å². The van der Waals surface area contributed by atoms with Gasteiger partial charge in [-0.1, -0.05) is 44.5 Å². The zero-order chi connectivity index (χ0) is 25.4. The van der Waals surface area contributed by atoms with Gasteiger partial charge in [0.2, 0.25) is 17.7 Å². The third-order valence-corrected chi connectivity index (χ3v) is 7.52. The summed E-state index contributed by atoms with van der Waals surface area (Å²) in [7, 11) is 3.24. The highest BCUT2D eigenvalue weighted by Gasteiger charge is 2.51. The minimum atomic E-state index is -1.07. The van der Waals surface area contributed by atoms with Crippen LogP contribution in [0.5, 0.6) is 0 Å². The van der Waals surface area contributed by atoms with Crippen molar-refractivity contribution in [2.24, 2.45) is 11.8 Å². The van der Waals surface area contributed by atoms with Crippen molar-refractivity contribution in [1.29, 1.82) is 0 Å². The van der Waals surface area contributed by atoms with Crippen LogP contribution in [0.3, 0.4) is 0 Å². The van der Waals surface area contributed by atoms with Gasteiger partial charge in [0.05, 0.1) is 0 Å². The Balaban J connectivity index is 1.79. The first-order valence-electron chi connectivity index (χ1n) is 12.2. The number of nitrogens with zero attached hydrogens (tertiary/aromatic N) is 3. The number of benzene rings is 1. The summed E-state index contributed by atoms with van der Waals surface area (Å²) in [5.41, 5.74) is 3.24. The molecular formula is C27H34N4O4. The van der Waals surface area contributed by atoms with Crippen LogP contribution < -0.4 is 10.0 Å². The zero-order valence-corrected chi connectivity index (χ0v) is 21.0. The van der Waals surface area contributed by atoms with Crippen LogP contribution in [-0.4, -0.2) is 53.7 Å². The van der Waals surface area contributed by atoms with Gasteiger partial charge in [-0.15, -0.1) is 0 Å². The Morgan fingerprint density at radius 1 is 1.17 bits per heavy atom. The molecule has 2 heterocycles. The molecule has 2 aromatic rings. The average molecular weight is 479 g/mol. The number of hydrogen-bond donors (Lipinski definition) is 1. The summed E-state index contributed by atoms with van der Waals surface area (Å²) < 4.78 is 0.698. The molecule has 4 rings (SSSR count). The third kappa shape index (κ3) is 4.49. The number of aromatic nitrogens is 1. The molecule has 8 nitrogen and oxygen atoms in total. The standard InChI is InChI=1S/C27H34N4O4/c1-6-16(2)23-25(32)28-22(21-13-18-9-7-8-10-19(18)14-21)26(33)31(23)24(27(34)29(4)5)20-12-11-17(3)30(35)15-20/h7-12,15-16,21-24H,6,13-14H2,1-5H3,(H,28,32)/t16-,22+,23+,24+/m0/s1. The van der Waals surface area contributed by atoms with Gasteiger partial charge < -0.3 is 20.3 Å². The van der Waals surface area contributed by atoms with Crippen LogP contribution in [0.1, 0.15) is 48.7 Å². The number of pyridine rings is 1. The maximum absolute atomic E-state index is 14.2. The largest absolute Gasteiger partial charge is 0.618 e. The number of likely N-dealkylation sites (N-methyl/N-ethyl adjacent to an activating group) is 1. The summed E-state index contributed by atoms with van der Waals surface area (Å²) >= 11 is 0. The SMILES string of the molecule is CC[C@H](C)[C@@H]1C(=O)N[C@H](C2Cc3ccccc3C2)C(=O)N1[C@@H](C(=O)N(C)C)c1ccc(C)[n+]([O-])c1. The molecule has 4 atom stereocenters. The molecule has 186 valence electrons. The Kier molecular flexibility index (Phi) is 6.83. The molecule has 0 radical (unpaired) electrons. The first-order chi connectivity index (χ1) is 16.6. The van der Waals surface area contributed by atoms with E-state index in [0.717, 1.165) is 0 Å². The van der Waals surface area contributed by atoms with Crippen molar-refractivity contribution in [3.8, 4) is 0 Å². The van der Waals surface area contributed by atoms with Crippen LogP contribution in [0.15, 0.2) is 42.6 Å². The average Bonchev–Trinajstić information content (AvgIpc) is 3.26. The van der Waals surface area contributed by atoms with Gasteiger partial charge in [-0.25, -0.2) is 0 Å². The van der Waals surface area contributed by atoms with Gasteiger partial charge in [-0.05, 0) is 41.9 Å². The number of rotatable bonds is 6. The maximum Gasteiger partial charge on any atom is 0.249 e. The van der Waals surface area contributed by atoms with E-state index in [2.05, 4.69) is 17.4 Å². The van der Waals surface area contributed by atoms with E-state index in [-0.39, 0.29) is 29.6 Å². The van der Waals surface area contributed by atoms with Gasteiger partial charge in [-0.3, -0.25) is 14.4 Å². The molecule has 0 spiro atoms. The zero-order valence-electron chi connectivity index (χ0n) is 21.0. The normalized spacial score (nSPS) is 21.9. The Morgan fingerprint density at radius 3 is 2.34 bits per heavy atom. The van der Waals surface area contributed by atoms with Crippen molar-refractivity contribution in [2.45, 2.75) is 58.2 Å². The number of carbonyl (C=O) groups excluding carboxylic acids is 3. The summed E-state index contributed by atoms with van der Waals surface area (Å²) in [5.74, 6) is -1.15. The fourth-order valence-corrected chi connectivity index (χ4v) is 5.32. The van der Waals surface area contributed by atoms with E-state index in [0.29, 0.717) is 35.3 Å². The molecule has 0 unspecified atom stereocenters. The van der Waals surface area contributed by atoms with Crippen LogP contribution in [-0.2, 0) is 27.2 Å². The minimum Gasteiger partial charge on any atom is -0.618 e. The number of aryl methyl sites for hydroxylation is 1. The fourth-order valence-electron chi connectivity index (χ4n) is 5.32. The van der Waals surface area contributed by atoms with Gasteiger partial charge in [0.1, 0.15) is 18.1 Å². The number of amides is 3. The molecule has 1 aliphatic carbocycles. The topological polar surface area (TPSA) is 96.7 Å². The molecule has 3 amide bonds. The van der Waals surface area contributed by atoms with E-state index in [1.54, 1.807) is 33.2 Å². The van der Waals surface area contributed by atoms with Crippen molar-refractivity contribution in [3.05, 3.63) is 70.2 Å². The van der Waals surface area contributed by atoms with Gasteiger partial charge in [0.15, 0.2) is 11.9 Å². The van der Waals surface area contributed by atoms with Crippen molar-refractivity contribution in [3.63, 3.8) is 0 Å². The predicted molar refractivity (Wildman–Crippen MR) is 131 cm³/mol. The highest BCUT2D eigenvalue weighted by molar-refractivity contribution is 6.00. The van der Waals surface area contributed by atoms with Crippen LogP contribution >= 0.6 is 0 Å². The van der Waals surface area contributed by atoms with Gasteiger partial charge in [0.25, 0.3) is 0 Å². The number of carbonyl (C=O) groups is 3. The summed E-state index contributed by atoms with van der Waals surface area (Å²) in [6.07, 6.45) is 3.37. The van der Waals surface area contributed by atoms with E-state index in [1.165, 1.54) is 27.1 Å². The molecule has 1 aliphatic heterocycles. The molecule has 35 heavy (non-hydrogen) atoms. The van der Waals surface area contributed by atoms with Crippen LogP contribution in [0.2, 0.25) is 0 Å². The lowest BCUT2D eigenvalue weighted by atomic mass is 9.86. The lowest BCUT2D eigenvalue weighted by molar-refractivity contribution is -0.612. The Labute approximate surface area is 206 Å². The third-order valence-electron chi connectivity index (χ3n) is 7.52. The molecule has 8 heteroatoms. The van der Waals surface area contributed by atoms with Crippen LogP contribution in [0.25, 0.3) is 0 Å². The van der Waals surface area contributed by atoms with Gasteiger partial charge >= 0.3 is 0 Å². The second kappa shape index (κ2) is 9.68. The lowest BCUT2D eigenvalue weighted by Gasteiger charge is -2.46. The second-order valence-electron chi connectivity index (χ2n) is 10.1. The van der Waals surface area contributed by atoms with Gasteiger partial charge in [0, 0.05) is 32.6 Å². The molecule has 1 N–H and O–H groups in total. The van der Waals surface area contributed by atoms with E-state index in [4.69, 9.17) is 0 Å². The number of fused-ring (bicyclic) bond motifs is 1. The Bertz CT molecular complexity index is 1120. The minimum absolute atomic E-state index is 0.0956. The first-order valence-corrected chi connectivity index (χ1v) is 12.2. The predicted octanol–water partition coefficient (Wildman–Crippen LogP) is 1.91. The summed E-state index contributed by atoms with van der Waals surface area (Å²) in [6, 6.07) is 8.78. The molecule has 2 aliphatic rings. The van der Waals surface area contributed by atoms with Crippen LogP contribution in [0.4, 0.5) is 0 Å². The van der Waals surface area contributed by atoms with E-state index in [1.807, 2.05) is 26.0 Å². The number of nitrogens with one attached hydrogen (secondary N) is 1. The smallest absolute Gasteiger partial charge is 0.249 e. The van der Waals surface area contributed by atoms with Gasteiger partial charge in [-0.2, -0.15) is 4.73 Å². The van der Waals surface area contributed by atoms with Crippen molar-refractivity contribution < 1.29 is 19.1 Å². The van der Waals surface area contributed by atoms with Crippen molar-refractivity contribution in [2.75, 3.05) is 14.1 Å². The van der Waals surface area contributed by atoms with E-state index in [9.17, 15) is 19.6 Å². The number of piperazine rings is 1. The molecule has 1 aromatic heterocycles. The molecule has 0 saturated carbocycles. The highest BCUT2D eigenvalue weighted by atomic mass is 16.5. The Morgan fingerprint density at radius 2 is 1.80 bits per heavy atom. The lowest BCUT2D eigenvalue weighted by Crippen LogP contribution is -2.68. The maximum atomic E-state index is 14.2. The Hall–Kier alpha value is -3.42. The van der Waals surface area contributed by atoms with E-state index >= 15 is 0 Å². The van der Waals surface area contributed by atoms with E-state index < -0.39 is 18.1 Å². The molecule has 1 saturated heterocycles. The second-order valence-corrected chi connectivity index (χ2v) is 10.1. The van der Waals surface area contributed by atoms with Crippen molar-refractivity contribution in [1.82, 2.24) is 15.1 Å². The summed E-state index contributed by atoms with van der Waals surface area (Å²) in [4.78, 5) is 44.2. The quantitative estimate of drug-likeness (QED) is 0.507. The molecule has 1 fully saturated rings.